The quantitative estimate of drug-likeness (QED) is 0.827. The smallest absolute Gasteiger partial charge is 0.262 e. The number of anilines is 1. The maximum absolute atomic E-state index is 12.4. The molecule has 0 unspecified atom stereocenters. The van der Waals surface area contributed by atoms with E-state index in [2.05, 4.69) is 9.82 Å². The molecule has 1 aromatic heterocycles. The highest BCUT2D eigenvalue weighted by Gasteiger charge is 2.21. The fraction of sp³-hybridized carbons (Fsp3) is 0.167. The number of aromatic nitrogens is 2. The molecule has 6 nitrogen and oxygen atoms in total. The second kappa shape index (κ2) is 5.22. The average molecular weight is 310 g/mol. The van der Waals surface area contributed by atoms with Gasteiger partial charge in [-0.1, -0.05) is 30.4 Å². The summed E-state index contributed by atoms with van der Waals surface area (Å²) in [4.78, 5) is 0.0876. The number of nitrogens with one attached hydrogen (secondary N) is 1. The van der Waals surface area contributed by atoms with Crippen LogP contribution in [0, 0.1) is 6.92 Å². The molecule has 0 radical (unpaired) electrons. The summed E-state index contributed by atoms with van der Waals surface area (Å²) in [5.41, 5.74) is 6.89. The van der Waals surface area contributed by atoms with Gasteiger partial charge in [-0.2, -0.15) is 5.10 Å². The van der Waals surface area contributed by atoms with E-state index >= 15 is 0 Å². The summed E-state index contributed by atoms with van der Waals surface area (Å²) >= 11 is 4.88. The minimum Gasteiger partial charge on any atom is -0.389 e. The Balaban J connectivity index is 2.46. The van der Waals surface area contributed by atoms with Crippen LogP contribution in [-0.2, 0) is 17.1 Å². The van der Waals surface area contributed by atoms with Crippen LogP contribution in [0.3, 0.4) is 0 Å². The molecular weight excluding hydrogens is 296 g/mol. The zero-order chi connectivity index (χ0) is 14.9. The van der Waals surface area contributed by atoms with Crippen molar-refractivity contribution in [1.82, 2.24) is 9.78 Å². The molecule has 0 fully saturated rings. The largest absolute Gasteiger partial charge is 0.389 e. The summed E-state index contributed by atoms with van der Waals surface area (Å²) in [5, 5.41) is 4.09. The van der Waals surface area contributed by atoms with Crippen molar-refractivity contribution in [3.8, 4) is 0 Å². The maximum Gasteiger partial charge on any atom is 0.262 e. The van der Waals surface area contributed by atoms with Crippen LogP contribution < -0.4 is 10.5 Å². The summed E-state index contributed by atoms with van der Waals surface area (Å²) in [7, 11) is -2.05. The first-order valence-electron chi connectivity index (χ1n) is 5.73. The lowest BCUT2D eigenvalue weighted by molar-refractivity contribution is 0.601. The highest BCUT2D eigenvalue weighted by atomic mass is 32.2. The number of hydrogen-bond acceptors (Lipinski definition) is 4. The van der Waals surface area contributed by atoms with Gasteiger partial charge in [-0.25, -0.2) is 8.42 Å². The second-order valence-electron chi connectivity index (χ2n) is 4.27. The topological polar surface area (TPSA) is 90.0 Å². The van der Waals surface area contributed by atoms with E-state index in [4.69, 9.17) is 18.0 Å². The Hall–Kier alpha value is -1.93. The Kier molecular flexibility index (Phi) is 3.78. The minimum atomic E-state index is -3.77. The van der Waals surface area contributed by atoms with Crippen molar-refractivity contribution in [2.45, 2.75) is 11.8 Å². The lowest BCUT2D eigenvalue weighted by Crippen LogP contribution is -2.19. The van der Waals surface area contributed by atoms with Gasteiger partial charge in [0.15, 0.2) is 0 Å². The fourth-order valence-corrected chi connectivity index (χ4v) is 3.37. The van der Waals surface area contributed by atoms with Crippen molar-refractivity contribution in [2.24, 2.45) is 12.8 Å². The lowest BCUT2D eigenvalue weighted by atomic mass is 10.2. The van der Waals surface area contributed by atoms with E-state index in [-0.39, 0.29) is 9.88 Å². The molecule has 0 aliphatic heterocycles. The molecular formula is C12H14N4O2S2. The fourth-order valence-electron chi connectivity index (χ4n) is 1.80. The Morgan fingerprint density at radius 3 is 2.60 bits per heavy atom. The molecule has 1 heterocycles. The van der Waals surface area contributed by atoms with Crippen LogP contribution in [0.2, 0.25) is 0 Å². The molecule has 0 saturated heterocycles. The molecule has 0 amide bonds. The van der Waals surface area contributed by atoms with Crippen LogP contribution in [0.1, 0.15) is 11.3 Å². The highest BCUT2D eigenvalue weighted by Crippen LogP contribution is 2.21. The molecule has 0 spiro atoms. The summed E-state index contributed by atoms with van der Waals surface area (Å²) < 4.78 is 28.9. The molecule has 2 rings (SSSR count). The molecule has 0 aliphatic rings. The van der Waals surface area contributed by atoms with E-state index in [0.29, 0.717) is 16.9 Å². The van der Waals surface area contributed by atoms with E-state index in [9.17, 15) is 8.42 Å². The van der Waals surface area contributed by atoms with Gasteiger partial charge in [0.1, 0.15) is 4.99 Å². The van der Waals surface area contributed by atoms with Crippen molar-refractivity contribution < 1.29 is 8.42 Å². The number of thiocarbonyl (C=S) groups is 1. The third-order valence-electron chi connectivity index (χ3n) is 2.70. The Labute approximate surface area is 122 Å². The van der Waals surface area contributed by atoms with Crippen LogP contribution in [0.5, 0.6) is 0 Å². The van der Waals surface area contributed by atoms with Crippen LogP contribution >= 0.6 is 12.2 Å². The molecule has 0 bridgehead atoms. The van der Waals surface area contributed by atoms with Gasteiger partial charge in [0, 0.05) is 18.8 Å². The Morgan fingerprint density at radius 1 is 1.40 bits per heavy atom. The zero-order valence-corrected chi connectivity index (χ0v) is 12.6. The first-order chi connectivity index (χ1) is 9.31. The number of benzene rings is 1. The highest BCUT2D eigenvalue weighted by molar-refractivity contribution is 7.93. The predicted octanol–water partition coefficient (Wildman–Crippen LogP) is 1.16. The van der Waals surface area contributed by atoms with E-state index in [1.807, 2.05) is 0 Å². The third-order valence-corrected chi connectivity index (χ3v) is 4.34. The van der Waals surface area contributed by atoms with Gasteiger partial charge in [-0.3, -0.25) is 9.40 Å². The number of rotatable bonds is 4. The monoisotopic (exact) mass is 310 g/mol. The zero-order valence-electron chi connectivity index (χ0n) is 11.0. The molecule has 1 aromatic carbocycles. The van der Waals surface area contributed by atoms with Gasteiger partial charge in [0.25, 0.3) is 10.0 Å². The number of hydrogen-bond donors (Lipinski definition) is 2. The number of sulfonamides is 1. The van der Waals surface area contributed by atoms with Crippen molar-refractivity contribution in [3.05, 3.63) is 41.7 Å². The van der Waals surface area contributed by atoms with Crippen molar-refractivity contribution in [3.63, 3.8) is 0 Å². The third kappa shape index (κ3) is 2.81. The first-order valence-corrected chi connectivity index (χ1v) is 7.62. The van der Waals surface area contributed by atoms with Gasteiger partial charge < -0.3 is 5.73 Å². The number of aryl methyl sites for hydroxylation is 2. The Morgan fingerprint density at radius 2 is 2.05 bits per heavy atom. The van der Waals surface area contributed by atoms with E-state index in [1.54, 1.807) is 38.4 Å². The van der Waals surface area contributed by atoms with Crippen molar-refractivity contribution in [2.75, 3.05) is 4.72 Å². The van der Waals surface area contributed by atoms with Crippen LogP contribution in [0.15, 0.2) is 35.4 Å². The van der Waals surface area contributed by atoms with Gasteiger partial charge >= 0.3 is 0 Å². The van der Waals surface area contributed by atoms with Crippen LogP contribution in [0.25, 0.3) is 0 Å². The molecule has 106 valence electrons. The Bertz CT molecular complexity index is 766. The standard InChI is InChI=1S/C12H14N4O2S2/c1-8-10(7-16(2)14-8)15-20(17,18)11-6-4-3-5-9(11)12(13)19/h3-7,15H,1-2H3,(H2,13,19). The van der Waals surface area contributed by atoms with Crippen LogP contribution in [-0.4, -0.2) is 23.2 Å². The SMILES string of the molecule is Cc1nn(C)cc1NS(=O)(=O)c1ccccc1C(N)=S. The van der Waals surface area contributed by atoms with Gasteiger partial charge in [0.2, 0.25) is 0 Å². The summed E-state index contributed by atoms with van der Waals surface area (Å²) in [6.45, 7) is 1.72. The van der Waals surface area contributed by atoms with Gasteiger partial charge in [-0.05, 0) is 13.0 Å². The van der Waals surface area contributed by atoms with Crippen molar-refractivity contribution >= 4 is 32.9 Å². The molecule has 0 saturated carbocycles. The maximum atomic E-state index is 12.4. The molecule has 2 aromatic rings. The lowest BCUT2D eigenvalue weighted by Gasteiger charge is -2.10. The van der Waals surface area contributed by atoms with E-state index < -0.39 is 10.0 Å². The number of nitrogens with zero attached hydrogens (tertiary/aromatic N) is 2. The average Bonchev–Trinajstić information content (AvgIpc) is 2.67. The molecule has 0 aliphatic carbocycles. The normalized spacial score (nSPS) is 11.3. The molecule has 0 atom stereocenters. The second-order valence-corrected chi connectivity index (χ2v) is 6.36. The first kappa shape index (κ1) is 14.5. The van der Waals surface area contributed by atoms with Gasteiger partial charge in [0.05, 0.1) is 16.3 Å². The van der Waals surface area contributed by atoms with E-state index in [1.165, 1.54) is 10.7 Å². The summed E-state index contributed by atoms with van der Waals surface area (Å²) in [5.74, 6) is 0. The van der Waals surface area contributed by atoms with E-state index in [0.717, 1.165) is 0 Å². The molecule has 8 heteroatoms. The minimum absolute atomic E-state index is 0.0360. The predicted molar refractivity (Wildman–Crippen MR) is 81.1 cm³/mol. The molecule has 20 heavy (non-hydrogen) atoms. The number of nitrogens with two attached hydrogens (primary N) is 1. The molecule has 3 N–H and O–H groups in total. The van der Waals surface area contributed by atoms with Gasteiger partial charge in [-0.15, -0.1) is 0 Å². The summed E-state index contributed by atoms with van der Waals surface area (Å²) in [6, 6.07) is 6.34. The van der Waals surface area contributed by atoms with Crippen molar-refractivity contribution in [1.29, 1.82) is 0 Å². The summed E-state index contributed by atoms with van der Waals surface area (Å²) in [6.07, 6.45) is 1.59. The van der Waals surface area contributed by atoms with Crippen LogP contribution in [0.4, 0.5) is 5.69 Å².